The number of ketones is 2. The van der Waals surface area contributed by atoms with E-state index >= 15 is 0 Å². The fourth-order valence-corrected chi connectivity index (χ4v) is 6.03. The van der Waals surface area contributed by atoms with E-state index in [2.05, 4.69) is 90.7 Å². The van der Waals surface area contributed by atoms with Crippen molar-refractivity contribution in [1.29, 1.82) is 0 Å². The van der Waals surface area contributed by atoms with Gasteiger partial charge in [-0.1, -0.05) is 27.0 Å². The summed E-state index contributed by atoms with van der Waals surface area (Å²) >= 11 is 14.5. The molecule has 35 heavy (non-hydrogen) atoms. The van der Waals surface area contributed by atoms with Crippen LogP contribution in [0.1, 0.15) is 51.7 Å². The SMILES string of the molecule is C=C(C)C(=O)CCOc1c(Br)cc(C(C)(C)c2cc(Br)c(OCCC(=O)C(=C)C)c(Br)c2)cc1Br. The normalized spacial score (nSPS) is 11.2. The van der Waals surface area contributed by atoms with E-state index in [1.54, 1.807) is 13.8 Å². The van der Waals surface area contributed by atoms with E-state index in [1.165, 1.54) is 0 Å². The second-order valence-electron chi connectivity index (χ2n) is 8.77. The van der Waals surface area contributed by atoms with Crippen LogP contribution in [0, 0.1) is 0 Å². The number of allylic oxidation sites excluding steroid dienone is 2. The minimum Gasteiger partial charge on any atom is -0.491 e. The molecule has 0 saturated heterocycles. The topological polar surface area (TPSA) is 52.6 Å². The van der Waals surface area contributed by atoms with Crippen molar-refractivity contribution in [1.82, 2.24) is 0 Å². The summed E-state index contributed by atoms with van der Waals surface area (Å²) in [6, 6.07) is 8.10. The molecule has 0 fully saturated rings. The van der Waals surface area contributed by atoms with Gasteiger partial charge in [0.1, 0.15) is 11.5 Å². The molecule has 2 rings (SSSR count). The molecule has 0 unspecified atom stereocenters. The predicted octanol–water partition coefficient (Wildman–Crippen LogP) is 8.89. The lowest BCUT2D eigenvalue weighted by Crippen LogP contribution is -2.19. The molecule has 0 radical (unpaired) electrons. The third-order valence-corrected chi connectivity index (χ3v) is 7.90. The zero-order valence-electron chi connectivity index (χ0n) is 20.2. The van der Waals surface area contributed by atoms with Crippen LogP contribution in [0.25, 0.3) is 0 Å². The first-order valence-corrected chi connectivity index (χ1v) is 14.0. The van der Waals surface area contributed by atoms with E-state index in [0.29, 0.717) is 22.6 Å². The molecule has 0 aliphatic rings. The van der Waals surface area contributed by atoms with Crippen LogP contribution in [0.2, 0.25) is 0 Å². The smallest absolute Gasteiger partial charge is 0.161 e. The standard InChI is InChI=1S/C27H28Br4O4/c1-15(2)23(32)7-9-34-25-19(28)11-17(12-20(25)29)27(5,6)18-13-21(30)26(22(31)14-18)35-10-8-24(33)16(3)4/h11-14H,1,3,7-10H2,2,4-6H3. The van der Waals surface area contributed by atoms with Gasteiger partial charge < -0.3 is 9.47 Å². The molecule has 0 aliphatic heterocycles. The predicted molar refractivity (Wildman–Crippen MR) is 156 cm³/mol. The van der Waals surface area contributed by atoms with Crippen molar-refractivity contribution < 1.29 is 19.1 Å². The van der Waals surface area contributed by atoms with Gasteiger partial charge in [0.15, 0.2) is 11.6 Å². The van der Waals surface area contributed by atoms with Crippen LogP contribution >= 0.6 is 63.7 Å². The summed E-state index contributed by atoms with van der Waals surface area (Å²) in [5.41, 5.74) is 2.80. The number of hydrogen-bond acceptors (Lipinski definition) is 4. The Labute approximate surface area is 241 Å². The van der Waals surface area contributed by atoms with E-state index < -0.39 is 0 Å². The van der Waals surface area contributed by atoms with Gasteiger partial charge in [0, 0.05) is 18.3 Å². The number of carbonyl (C=O) groups is 2. The van der Waals surface area contributed by atoms with Gasteiger partial charge in [0.2, 0.25) is 0 Å². The number of Topliss-reactive ketones (excluding diaryl/α,β-unsaturated/α-hetero) is 2. The van der Waals surface area contributed by atoms with Crippen molar-refractivity contribution in [3.8, 4) is 11.5 Å². The molecule has 0 aliphatic carbocycles. The van der Waals surface area contributed by atoms with Crippen LogP contribution in [0.4, 0.5) is 0 Å². The Morgan fingerprint density at radius 3 is 1.26 bits per heavy atom. The van der Waals surface area contributed by atoms with Crippen molar-refractivity contribution in [3.05, 3.63) is 77.6 Å². The second kappa shape index (κ2) is 12.8. The lowest BCUT2D eigenvalue weighted by molar-refractivity contribution is -0.116. The summed E-state index contributed by atoms with van der Waals surface area (Å²) in [6.45, 7) is 15.5. The molecule has 0 saturated carbocycles. The molecule has 4 nitrogen and oxygen atoms in total. The molecule has 188 valence electrons. The van der Waals surface area contributed by atoms with Gasteiger partial charge in [-0.2, -0.15) is 0 Å². The van der Waals surface area contributed by atoms with Crippen LogP contribution in [0.15, 0.2) is 66.5 Å². The highest BCUT2D eigenvalue weighted by Gasteiger charge is 2.27. The monoisotopic (exact) mass is 732 g/mol. The second-order valence-corrected chi connectivity index (χ2v) is 12.2. The van der Waals surface area contributed by atoms with Crippen LogP contribution in [0.5, 0.6) is 11.5 Å². The molecular weight excluding hydrogens is 708 g/mol. The van der Waals surface area contributed by atoms with Crippen LogP contribution < -0.4 is 9.47 Å². The van der Waals surface area contributed by atoms with Gasteiger partial charge in [0.05, 0.1) is 31.1 Å². The van der Waals surface area contributed by atoms with Gasteiger partial charge in [-0.15, -0.1) is 0 Å². The number of ether oxygens (including phenoxy) is 2. The zero-order chi connectivity index (χ0) is 26.5. The lowest BCUT2D eigenvalue weighted by atomic mass is 9.78. The molecular formula is C27H28Br4O4. The minimum atomic E-state index is -0.362. The summed E-state index contributed by atoms with van der Waals surface area (Å²) in [6.07, 6.45) is 0.554. The fourth-order valence-electron chi connectivity index (χ4n) is 3.20. The Hall–Kier alpha value is -1.22. The van der Waals surface area contributed by atoms with Crippen molar-refractivity contribution in [2.45, 2.75) is 46.0 Å². The Kier molecular flexibility index (Phi) is 11.0. The Balaban J connectivity index is 2.25. The molecule has 8 heteroatoms. The van der Waals surface area contributed by atoms with Gasteiger partial charge in [0.25, 0.3) is 0 Å². The van der Waals surface area contributed by atoms with Crippen molar-refractivity contribution >= 4 is 75.3 Å². The molecule has 0 amide bonds. The molecule has 0 N–H and O–H groups in total. The molecule has 0 heterocycles. The highest BCUT2D eigenvalue weighted by atomic mass is 79.9. The maximum atomic E-state index is 11.8. The number of hydrogen-bond donors (Lipinski definition) is 0. The number of halogens is 4. The fraction of sp³-hybridized carbons (Fsp3) is 0.333. The summed E-state index contributed by atoms with van der Waals surface area (Å²) in [7, 11) is 0. The Morgan fingerprint density at radius 2 is 1.00 bits per heavy atom. The number of carbonyl (C=O) groups excluding carboxylic acids is 2. The highest BCUT2D eigenvalue weighted by Crippen LogP contribution is 2.44. The summed E-state index contributed by atoms with van der Waals surface area (Å²) in [5.74, 6) is 1.27. The summed E-state index contributed by atoms with van der Waals surface area (Å²) < 4.78 is 14.9. The van der Waals surface area contributed by atoms with Crippen LogP contribution in [-0.4, -0.2) is 24.8 Å². The Bertz CT molecular complexity index is 1030. The molecule has 0 atom stereocenters. The minimum absolute atomic E-state index is 0.0130. The third kappa shape index (κ3) is 7.88. The first-order valence-electron chi connectivity index (χ1n) is 10.9. The molecule has 2 aromatic carbocycles. The molecule has 0 spiro atoms. The molecule has 0 bridgehead atoms. The average molecular weight is 736 g/mol. The van der Waals surface area contributed by atoms with Crippen LogP contribution in [0.3, 0.4) is 0 Å². The average Bonchev–Trinajstić information content (AvgIpc) is 2.76. The summed E-state index contributed by atoms with van der Waals surface area (Å²) in [4.78, 5) is 23.6. The Morgan fingerprint density at radius 1 is 0.714 bits per heavy atom. The third-order valence-electron chi connectivity index (χ3n) is 5.54. The van der Waals surface area contributed by atoms with E-state index in [1.807, 2.05) is 24.3 Å². The molecule has 0 aromatic heterocycles. The number of benzene rings is 2. The van der Waals surface area contributed by atoms with Crippen molar-refractivity contribution in [3.63, 3.8) is 0 Å². The van der Waals surface area contributed by atoms with Gasteiger partial charge >= 0.3 is 0 Å². The largest absolute Gasteiger partial charge is 0.491 e. The zero-order valence-corrected chi connectivity index (χ0v) is 26.5. The van der Waals surface area contributed by atoms with E-state index in [4.69, 9.17) is 9.47 Å². The molecule has 2 aromatic rings. The van der Waals surface area contributed by atoms with Crippen LogP contribution in [-0.2, 0) is 15.0 Å². The highest BCUT2D eigenvalue weighted by molar-refractivity contribution is 9.11. The van der Waals surface area contributed by atoms with E-state index in [-0.39, 0.29) is 43.0 Å². The van der Waals surface area contributed by atoms with Gasteiger partial charge in [-0.25, -0.2) is 0 Å². The van der Waals surface area contributed by atoms with Crippen molar-refractivity contribution in [2.24, 2.45) is 0 Å². The maximum Gasteiger partial charge on any atom is 0.161 e. The van der Waals surface area contributed by atoms with Gasteiger partial charge in [-0.05, 0) is 124 Å². The summed E-state index contributed by atoms with van der Waals surface area (Å²) in [5, 5.41) is 0. The lowest BCUT2D eigenvalue weighted by Gasteiger charge is -2.28. The van der Waals surface area contributed by atoms with E-state index in [9.17, 15) is 9.59 Å². The maximum absolute atomic E-state index is 11.8. The van der Waals surface area contributed by atoms with Crippen molar-refractivity contribution in [2.75, 3.05) is 13.2 Å². The first kappa shape index (κ1) is 30.0. The first-order chi connectivity index (χ1) is 16.2. The quantitative estimate of drug-likeness (QED) is 0.205. The number of rotatable bonds is 12. The van der Waals surface area contributed by atoms with Gasteiger partial charge in [-0.3, -0.25) is 9.59 Å². The van der Waals surface area contributed by atoms with E-state index in [0.717, 1.165) is 29.0 Å².